The minimum Gasteiger partial charge on any atom is -0.370 e. The SMILES string of the molecule is CC(=O)c1sc(COCc2ccccc2)nc1C. The van der Waals surface area contributed by atoms with Crippen molar-refractivity contribution in [3.8, 4) is 0 Å². The molecule has 2 rings (SSSR count). The highest BCUT2D eigenvalue weighted by Gasteiger charge is 2.11. The molecule has 2 aromatic rings. The summed E-state index contributed by atoms with van der Waals surface area (Å²) in [7, 11) is 0. The van der Waals surface area contributed by atoms with Gasteiger partial charge in [-0.25, -0.2) is 4.98 Å². The molecule has 0 atom stereocenters. The number of benzene rings is 1. The van der Waals surface area contributed by atoms with Gasteiger partial charge in [0, 0.05) is 6.92 Å². The molecule has 1 aromatic heterocycles. The number of aryl methyl sites for hydroxylation is 1. The normalized spacial score (nSPS) is 10.6. The molecule has 0 aliphatic carbocycles. The van der Waals surface area contributed by atoms with Crippen molar-refractivity contribution in [1.82, 2.24) is 4.98 Å². The molecular weight excluding hydrogens is 246 g/mol. The number of carbonyl (C=O) groups is 1. The number of ketones is 1. The van der Waals surface area contributed by atoms with Crippen molar-refractivity contribution in [3.63, 3.8) is 0 Å². The van der Waals surface area contributed by atoms with Gasteiger partial charge in [0.1, 0.15) is 5.01 Å². The first-order chi connectivity index (χ1) is 8.66. The second-order valence-electron chi connectivity index (χ2n) is 4.06. The molecule has 4 heteroatoms. The Kier molecular flexibility index (Phi) is 4.23. The lowest BCUT2D eigenvalue weighted by atomic mass is 10.2. The van der Waals surface area contributed by atoms with Gasteiger partial charge in [0.25, 0.3) is 0 Å². The topological polar surface area (TPSA) is 39.2 Å². The molecule has 0 saturated heterocycles. The van der Waals surface area contributed by atoms with E-state index in [9.17, 15) is 4.79 Å². The molecule has 0 bridgehead atoms. The van der Waals surface area contributed by atoms with Crippen molar-refractivity contribution >= 4 is 17.1 Å². The van der Waals surface area contributed by atoms with Gasteiger partial charge >= 0.3 is 0 Å². The number of aromatic nitrogens is 1. The van der Waals surface area contributed by atoms with Gasteiger partial charge in [-0.05, 0) is 12.5 Å². The Balaban J connectivity index is 1.91. The van der Waals surface area contributed by atoms with Crippen LogP contribution in [0.4, 0.5) is 0 Å². The lowest BCUT2D eigenvalue weighted by Crippen LogP contribution is -1.93. The highest BCUT2D eigenvalue weighted by Crippen LogP contribution is 2.19. The molecule has 0 aliphatic rings. The second kappa shape index (κ2) is 5.89. The number of hydrogen-bond donors (Lipinski definition) is 0. The van der Waals surface area contributed by atoms with Gasteiger partial charge in [-0.15, -0.1) is 11.3 Å². The van der Waals surface area contributed by atoms with Crippen molar-refractivity contribution in [2.75, 3.05) is 0 Å². The van der Waals surface area contributed by atoms with E-state index in [0.29, 0.717) is 13.2 Å². The number of ether oxygens (including phenoxy) is 1. The van der Waals surface area contributed by atoms with Gasteiger partial charge in [-0.2, -0.15) is 0 Å². The first-order valence-electron chi connectivity index (χ1n) is 5.75. The second-order valence-corrected chi connectivity index (χ2v) is 5.14. The Labute approximate surface area is 110 Å². The Morgan fingerprint density at radius 3 is 2.61 bits per heavy atom. The third-order valence-corrected chi connectivity index (χ3v) is 3.73. The average molecular weight is 261 g/mol. The van der Waals surface area contributed by atoms with Gasteiger partial charge < -0.3 is 4.74 Å². The summed E-state index contributed by atoms with van der Waals surface area (Å²) in [6.45, 7) is 4.44. The fourth-order valence-corrected chi connectivity index (χ4v) is 2.57. The minimum absolute atomic E-state index is 0.0688. The zero-order chi connectivity index (χ0) is 13.0. The fourth-order valence-electron chi connectivity index (χ4n) is 1.67. The summed E-state index contributed by atoms with van der Waals surface area (Å²) in [6.07, 6.45) is 0. The van der Waals surface area contributed by atoms with Crippen molar-refractivity contribution in [1.29, 1.82) is 0 Å². The molecule has 0 N–H and O–H groups in total. The van der Waals surface area contributed by atoms with Crippen molar-refractivity contribution in [3.05, 3.63) is 51.5 Å². The van der Waals surface area contributed by atoms with E-state index in [1.165, 1.54) is 11.3 Å². The van der Waals surface area contributed by atoms with Crippen LogP contribution in [0.2, 0.25) is 0 Å². The minimum atomic E-state index is 0.0688. The van der Waals surface area contributed by atoms with Gasteiger partial charge in [-0.1, -0.05) is 30.3 Å². The molecule has 1 heterocycles. The van der Waals surface area contributed by atoms with E-state index in [1.54, 1.807) is 6.92 Å². The first kappa shape index (κ1) is 12.9. The zero-order valence-corrected chi connectivity index (χ0v) is 11.3. The largest absolute Gasteiger partial charge is 0.370 e. The number of rotatable bonds is 5. The van der Waals surface area contributed by atoms with Crippen LogP contribution in [0.1, 0.15) is 32.9 Å². The lowest BCUT2D eigenvalue weighted by Gasteiger charge is -2.01. The summed E-state index contributed by atoms with van der Waals surface area (Å²) < 4.78 is 5.59. The van der Waals surface area contributed by atoms with E-state index in [-0.39, 0.29) is 5.78 Å². The van der Waals surface area contributed by atoms with Crippen molar-refractivity contribution < 1.29 is 9.53 Å². The van der Waals surface area contributed by atoms with Crippen LogP contribution < -0.4 is 0 Å². The Morgan fingerprint density at radius 1 is 1.28 bits per heavy atom. The van der Waals surface area contributed by atoms with Crippen LogP contribution in [0, 0.1) is 6.92 Å². The van der Waals surface area contributed by atoms with Gasteiger partial charge in [0.15, 0.2) is 5.78 Å². The Bertz CT molecular complexity index is 534. The predicted octanol–water partition coefficient (Wildman–Crippen LogP) is 3.37. The Hall–Kier alpha value is -1.52. The van der Waals surface area contributed by atoms with Crippen LogP contribution in [0.5, 0.6) is 0 Å². The molecule has 0 aliphatic heterocycles. The molecule has 0 amide bonds. The number of nitrogens with zero attached hydrogens (tertiary/aromatic N) is 1. The monoisotopic (exact) mass is 261 g/mol. The van der Waals surface area contributed by atoms with Crippen LogP contribution in [0.3, 0.4) is 0 Å². The van der Waals surface area contributed by atoms with Crippen molar-refractivity contribution in [2.45, 2.75) is 27.1 Å². The van der Waals surface area contributed by atoms with Crippen LogP contribution in [-0.4, -0.2) is 10.8 Å². The lowest BCUT2D eigenvalue weighted by molar-refractivity contribution is 0.102. The highest BCUT2D eigenvalue weighted by atomic mass is 32.1. The van der Waals surface area contributed by atoms with E-state index in [0.717, 1.165) is 21.1 Å². The van der Waals surface area contributed by atoms with Crippen LogP contribution >= 0.6 is 11.3 Å². The van der Waals surface area contributed by atoms with Gasteiger partial charge in [0.2, 0.25) is 0 Å². The number of Topliss-reactive ketones (excluding diaryl/α,β-unsaturated/α-hetero) is 1. The molecule has 0 radical (unpaired) electrons. The number of carbonyl (C=O) groups excluding carboxylic acids is 1. The van der Waals surface area contributed by atoms with Crippen LogP contribution in [0.25, 0.3) is 0 Å². The quantitative estimate of drug-likeness (QED) is 0.775. The average Bonchev–Trinajstić information content (AvgIpc) is 2.72. The predicted molar refractivity (Wildman–Crippen MR) is 71.8 cm³/mol. The molecular formula is C14H15NO2S. The third kappa shape index (κ3) is 3.24. The standard InChI is InChI=1S/C14H15NO2S/c1-10-14(11(2)16)18-13(15-10)9-17-8-12-6-4-3-5-7-12/h3-7H,8-9H2,1-2H3. The van der Waals surface area contributed by atoms with E-state index in [4.69, 9.17) is 4.74 Å². The summed E-state index contributed by atoms with van der Waals surface area (Å²) in [4.78, 5) is 16.4. The van der Waals surface area contributed by atoms with Crippen LogP contribution in [0.15, 0.2) is 30.3 Å². The molecule has 0 saturated carbocycles. The smallest absolute Gasteiger partial charge is 0.171 e. The summed E-state index contributed by atoms with van der Waals surface area (Å²) in [6, 6.07) is 10.00. The summed E-state index contributed by atoms with van der Waals surface area (Å²) in [5, 5.41) is 0.855. The van der Waals surface area contributed by atoms with Gasteiger partial charge in [0.05, 0.1) is 23.8 Å². The molecule has 0 spiro atoms. The van der Waals surface area contributed by atoms with E-state index in [2.05, 4.69) is 4.98 Å². The maximum Gasteiger partial charge on any atom is 0.171 e. The van der Waals surface area contributed by atoms with Crippen molar-refractivity contribution in [2.24, 2.45) is 0 Å². The molecule has 94 valence electrons. The van der Waals surface area contributed by atoms with Gasteiger partial charge in [-0.3, -0.25) is 4.79 Å². The maximum absolute atomic E-state index is 11.3. The molecule has 3 nitrogen and oxygen atoms in total. The molecule has 0 fully saturated rings. The van der Waals surface area contributed by atoms with Crippen LogP contribution in [-0.2, 0) is 18.0 Å². The summed E-state index contributed by atoms with van der Waals surface area (Å²) in [5.74, 6) is 0.0688. The molecule has 0 unspecified atom stereocenters. The highest BCUT2D eigenvalue weighted by molar-refractivity contribution is 7.13. The van der Waals surface area contributed by atoms with E-state index < -0.39 is 0 Å². The summed E-state index contributed by atoms with van der Waals surface area (Å²) >= 11 is 1.42. The first-order valence-corrected chi connectivity index (χ1v) is 6.57. The number of hydrogen-bond acceptors (Lipinski definition) is 4. The molecule has 18 heavy (non-hydrogen) atoms. The summed E-state index contributed by atoms with van der Waals surface area (Å²) in [5.41, 5.74) is 1.93. The zero-order valence-electron chi connectivity index (χ0n) is 10.5. The van der Waals surface area contributed by atoms with E-state index in [1.807, 2.05) is 37.3 Å². The Morgan fingerprint density at radius 2 is 2.00 bits per heavy atom. The molecule has 1 aromatic carbocycles. The maximum atomic E-state index is 11.3. The fraction of sp³-hybridized carbons (Fsp3) is 0.286. The third-order valence-electron chi connectivity index (χ3n) is 2.50. The number of thiazole rings is 1. The van der Waals surface area contributed by atoms with E-state index >= 15 is 0 Å².